The van der Waals surface area contributed by atoms with Crippen molar-refractivity contribution in [1.82, 2.24) is 9.97 Å². The lowest BCUT2D eigenvalue weighted by molar-refractivity contribution is 0.795. The van der Waals surface area contributed by atoms with Crippen molar-refractivity contribution in [1.29, 1.82) is 0 Å². The lowest BCUT2D eigenvalue weighted by Crippen LogP contribution is -2.25. The van der Waals surface area contributed by atoms with Crippen LogP contribution in [0.4, 0.5) is 0 Å². The number of rotatable bonds is 4. The topological polar surface area (TPSA) is 25.8 Å². The van der Waals surface area contributed by atoms with Gasteiger partial charge in [-0.25, -0.2) is 9.97 Å². The number of fused-ring (bicyclic) bond motifs is 16. The minimum Gasteiger partial charge on any atom is -0.228 e. The van der Waals surface area contributed by atoms with Crippen molar-refractivity contribution in [2.24, 2.45) is 0 Å². The molecule has 0 saturated heterocycles. The van der Waals surface area contributed by atoms with E-state index in [-0.39, 0.29) is 0 Å². The van der Waals surface area contributed by atoms with Crippen LogP contribution in [-0.4, -0.2) is 9.97 Å². The van der Waals surface area contributed by atoms with Gasteiger partial charge in [0.25, 0.3) is 0 Å². The van der Waals surface area contributed by atoms with Crippen molar-refractivity contribution in [2.45, 2.75) is 18.8 Å². The van der Waals surface area contributed by atoms with Gasteiger partial charge in [0.15, 0.2) is 5.82 Å². The van der Waals surface area contributed by atoms with Crippen LogP contribution in [0.15, 0.2) is 188 Å². The molecule has 0 bridgehead atoms. The zero-order chi connectivity index (χ0) is 37.7. The summed E-state index contributed by atoms with van der Waals surface area (Å²) in [6.07, 6.45) is 0.808. The zero-order valence-corrected chi connectivity index (χ0v) is 31.5. The lowest BCUT2D eigenvalue weighted by atomic mass is 9.70. The van der Waals surface area contributed by atoms with Gasteiger partial charge in [0.2, 0.25) is 0 Å². The molecular formula is C55H36N2. The van der Waals surface area contributed by atoms with Gasteiger partial charge < -0.3 is 0 Å². The van der Waals surface area contributed by atoms with Crippen LogP contribution in [0.1, 0.15) is 34.7 Å². The van der Waals surface area contributed by atoms with Crippen LogP contribution >= 0.6 is 0 Å². The van der Waals surface area contributed by atoms with E-state index in [1.807, 2.05) is 6.07 Å². The SMILES string of the molecule is CCc1c(-c2ccccc2)nc(-c2ccccc2)nc1-c1ccc2c(c1)-c1ccccc1C21c2ccccc2-c2cc3c4ccccc4c4ccccc4c3cc21. The molecular weight excluding hydrogens is 689 g/mol. The summed E-state index contributed by atoms with van der Waals surface area (Å²) in [7, 11) is 0. The van der Waals surface area contributed by atoms with Crippen molar-refractivity contribution in [3.63, 3.8) is 0 Å². The number of nitrogens with zero attached hydrogens (tertiary/aromatic N) is 2. The Morgan fingerprint density at radius 1 is 0.351 bits per heavy atom. The highest BCUT2D eigenvalue weighted by Crippen LogP contribution is 2.64. The van der Waals surface area contributed by atoms with Crippen molar-refractivity contribution < 1.29 is 0 Å². The van der Waals surface area contributed by atoms with Gasteiger partial charge in [0, 0.05) is 22.3 Å². The van der Waals surface area contributed by atoms with Crippen molar-refractivity contribution in [3.8, 4) is 56.2 Å². The van der Waals surface area contributed by atoms with E-state index < -0.39 is 5.41 Å². The van der Waals surface area contributed by atoms with Gasteiger partial charge in [-0.05, 0) is 101 Å². The van der Waals surface area contributed by atoms with E-state index in [1.165, 1.54) is 76.8 Å². The van der Waals surface area contributed by atoms with Gasteiger partial charge in [-0.2, -0.15) is 0 Å². The highest BCUT2D eigenvalue weighted by molar-refractivity contribution is 6.26. The number of aromatic nitrogens is 2. The second-order valence-electron chi connectivity index (χ2n) is 15.4. The second-order valence-corrected chi connectivity index (χ2v) is 15.4. The molecule has 1 unspecified atom stereocenters. The summed E-state index contributed by atoms with van der Waals surface area (Å²) >= 11 is 0. The minimum atomic E-state index is -0.471. The molecule has 57 heavy (non-hydrogen) atoms. The Kier molecular flexibility index (Phi) is 6.86. The van der Waals surface area contributed by atoms with E-state index in [9.17, 15) is 0 Å². The quantitative estimate of drug-likeness (QED) is 0.169. The molecule has 0 radical (unpaired) electrons. The Morgan fingerprint density at radius 2 is 0.807 bits per heavy atom. The average Bonchev–Trinajstić information content (AvgIpc) is 3.75. The van der Waals surface area contributed by atoms with E-state index in [0.717, 1.165) is 45.9 Å². The first kappa shape index (κ1) is 32.1. The van der Waals surface area contributed by atoms with Gasteiger partial charge in [-0.3, -0.25) is 0 Å². The number of benzene rings is 9. The third-order valence-corrected chi connectivity index (χ3v) is 12.7. The average molecular weight is 725 g/mol. The normalized spacial score (nSPS) is 14.9. The number of hydrogen-bond acceptors (Lipinski definition) is 2. The fourth-order valence-electron chi connectivity index (χ4n) is 10.3. The fraction of sp³-hybridized carbons (Fsp3) is 0.0545. The molecule has 2 nitrogen and oxygen atoms in total. The summed E-state index contributed by atoms with van der Waals surface area (Å²) in [5, 5.41) is 7.78. The summed E-state index contributed by atoms with van der Waals surface area (Å²) in [5.41, 5.74) is 16.4. The molecule has 1 aromatic heterocycles. The predicted octanol–water partition coefficient (Wildman–Crippen LogP) is 13.8. The van der Waals surface area contributed by atoms with Crippen LogP contribution in [0, 0.1) is 0 Å². The number of hydrogen-bond donors (Lipinski definition) is 0. The molecule has 12 rings (SSSR count). The molecule has 10 aromatic rings. The highest BCUT2D eigenvalue weighted by atomic mass is 14.9. The highest BCUT2D eigenvalue weighted by Gasteiger charge is 2.51. The van der Waals surface area contributed by atoms with Gasteiger partial charge in [0.1, 0.15) is 0 Å². The van der Waals surface area contributed by atoms with Gasteiger partial charge in [-0.1, -0.05) is 177 Å². The van der Waals surface area contributed by atoms with Gasteiger partial charge in [-0.15, -0.1) is 0 Å². The minimum absolute atomic E-state index is 0.471. The maximum absolute atomic E-state index is 5.39. The second kappa shape index (κ2) is 12.2. The first-order valence-electron chi connectivity index (χ1n) is 20.0. The maximum atomic E-state index is 5.39. The molecule has 1 atom stereocenters. The Morgan fingerprint density at radius 3 is 1.40 bits per heavy atom. The Labute approximate surface area is 331 Å². The summed E-state index contributed by atoms with van der Waals surface area (Å²) in [4.78, 5) is 10.6. The molecule has 2 aliphatic carbocycles. The largest absolute Gasteiger partial charge is 0.228 e. The molecule has 2 heteroatoms. The standard InChI is InChI=1S/C55H36N2/c1-2-37-52(34-17-5-3-6-18-34)56-54(35-19-7-4-8-20-35)57-53(37)36-29-30-50-46(31-36)42-25-13-15-27-48(42)55(50)49-28-16-14-26-43(49)47-32-44-40-23-11-9-21-38(40)39-22-10-12-24-41(39)45(44)33-51(47)55/h3-33H,2H2,1H3. The molecule has 0 fully saturated rings. The first-order chi connectivity index (χ1) is 28.2. The summed E-state index contributed by atoms with van der Waals surface area (Å²) in [5.74, 6) is 0.740. The molecule has 0 aliphatic heterocycles. The molecule has 0 saturated carbocycles. The van der Waals surface area contributed by atoms with Crippen molar-refractivity contribution >= 4 is 32.3 Å². The first-order valence-corrected chi connectivity index (χ1v) is 20.0. The van der Waals surface area contributed by atoms with Crippen LogP contribution in [0.5, 0.6) is 0 Å². The van der Waals surface area contributed by atoms with Crippen LogP contribution in [0.25, 0.3) is 88.5 Å². The van der Waals surface area contributed by atoms with Crippen LogP contribution < -0.4 is 0 Å². The van der Waals surface area contributed by atoms with Crippen molar-refractivity contribution in [3.05, 3.63) is 216 Å². The predicted molar refractivity (Wildman–Crippen MR) is 237 cm³/mol. The van der Waals surface area contributed by atoms with Crippen LogP contribution in [0.3, 0.4) is 0 Å². The maximum Gasteiger partial charge on any atom is 0.160 e. The summed E-state index contributed by atoms with van der Waals surface area (Å²) in [6, 6.07) is 69.2. The summed E-state index contributed by atoms with van der Waals surface area (Å²) in [6.45, 7) is 2.22. The lowest BCUT2D eigenvalue weighted by Gasteiger charge is -2.31. The van der Waals surface area contributed by atoms with E-state index >= 15 is 0 Å². The molecule has 1 heterocycles. The molecule has 9 aromatic carbocycles. The summed E-state index contributed by atoms with van der Waals surface area (Å²) < 4.78 is 0. The Hall–Kier alpha value is -7.16. The van der Waals surface area contributed by atoms with E-state index in [4.69, 9.17) is 9.97 Å². The monoisotopic (exact) mass is 724 g/mol. The molecule has 1 spiro atoms. The van der Waals surface area contributed by atoms with Crippen LogP contribution in [-0.2, 0) is 11.8 Å². The van der Waals surface area contributed by atoms with E-state index in [2.05, 4.69) is 189 Å². The Bertz CT molecular complexity index is 3270. The molecule has 266 valence electrons. The third kappa shape index (κ3) is 4.41. The third-order valence-electron chi connectivity index (χ3n) is 12.7. The molecule has 0 amide bonds. The zero-order valence-electron chi connectivity index (χ0n) is 31.5. The molecule has 2 aliphatic rings. The van der Waals surface area contributed by atoms with Gasteiger partial charge >= 0.3 is 0 Å². The van der Waals surface area contributed by atoms with Gasteiger partial charge in [0.05, 0.1) is 16.8 Å². The fourth-order valence-corrected chi connectivity index (χ4v) is 10.3. The Balaban J connectivity index is 1.15. The van der Waals surface area contributed by atoms with Crippen molar-refractivity contribution in [2.75, 3.05) is 0 Å². The van der Waals surface area contributed by atoms with Crippen LogP contribution in [0.2, 0.25) is 0 Å². The van der Waals surface area contributed by atoms with E-state index in [0.29, 0.717) is 0 Å². The van der Waals surface area contributed by atoms with E-state index in [1.54, 1.807) is 0 Å². The molecule has 0 N–H and O–H groups in total. The smallest absolute Gasteiger partial charge is 0.160 e.